The number of carbonyl (C=O) groups is 5. The second-order valence-corrected chi connectivity index (χ2v) is 15.4. The second kappa shape index (κ2) is 17.2. The van der Waals surface area contributed by atoms with E-state index in [1.807, 2.05) is 0 Å². The lowest BCUT2D eigenvalue weighted by Crippen LogP contribution is -2.54. The van der Waals surface area contributed by atoms with Crippen molar-refractivity contribution in [2.75, 3.05) is 30.5 Å². The maximum atomic E-state index is 13.3. The normalized spacial score (nSPS) is 15.2. The van der Waals surface area contributed by atoms with Crippen molar-refractivity contribution in [1.29, 1.82) is 0 Å². The van der Waals surface area contributed by atoms with Crippen LogP contribution in [0.4, 0.5) is 16.5 Å². The highest BCUT2D eigenvalue weighted by Gasteiger charge is 2.46. The molecule has 5 amide bonds. The lowest BCUT2D eigenvalue weighted by molar-refractivity contribution is -0.380. The van der Waals surface area contributed by atoms with Gasteiger partial charge in [-0.3, -0.25) is 49.0 Å². The predicted molar refractivity (Wildman–Crippen MR) is 208 cm³/mol. The monoisotopic (exact) mass is 858 g/mol. The van der Waals surface area contributed by atoms with Crippen LogP contribution in [-0.2, 0) is 35.7 Å². The molecule has 1 fully saturated rings. The first-order valence-corrected chi connectivity index (χ1v) is 19.8. The lowest BCUT2D eigenvalue weighted by atomic mass is 10.0. The van der Waals surface area contributed by atoms with Gasteiger partial charge in [0.1, 0.15) is 23.2 Å². The van der Waals surface area contributed by atoms with Crippen LogP contribution in [0.3, 0.4) is 0 Å². The summed E-state index contributed by atoms with van der Waals surface area (Å²) in [6.07, 6.45) is 5.44. The van der Waals surface area contributed by atoms with Gasteiger partial charge in [0.15, 0.2) is 6.79 Å². The fraction of sp³-hybridized carbons (Fsp3) is 0.194. The number of thiophene rings is 1. The van der Waals surface area contributed by atoms with Gasteiger partial charge in [-0.1, -0.05) is 22.6 Å². The minimum atomic E-state index is -4.20. The fourth-order valence-corrected chi connectivity index (χ4v) is 7.67. The molecule has 2 aliphatic rings. The topological polar surface area (TPSA) is 286 Å². The number of aromatic nitrogens is 5. The molecule has 0 spiro atoms. The molecular formula is C36H30N10O12S2. The summed E-state index contributed by atoms with van der Waals surface area (Å²) in [5.41, 5.74) is 0.836. The molecule has 22 nitrogen and oxygen atoms in total. The fourth-order valence-electron chi connectivity index (χ4n) is 5.93. The van der Waals surface area contributed by atoms with Gasteiger partial charge in [0.25, 0.3) is 27.7 Å². The summed E-state index contributed by atoms with van der Waals surface area (Å²) in [5, 5.41) is 23.7. The van der Waals surface area contributed by atoms with Gasteiger partial charge in [-0.05, 0) is 55.0 Å². The number of sulfonamides is 1. The van der Waals surface area contributed by atoms with Crippen LogP contribution < -0.4 is 24.8 Å². The Morgan fingerprint density at radius 3 is 2.62 bits per heavy atom. The summed E-state index contributed by atoms with van der Waals surface area (Å²) in [6, 6.07) is 11.5. The number of piperidine rings is 1. The number of hydrogen-bond donors (Lipinski definition) is 3. The van der Waals surface area contributed by atoms with Gasteiger partial charge in [-0.15, -0.1) is 5.10 Å². The SMILES string of the molecule is COc1nc(-c2cn(CCOCOc3cccc4c3C(=O)N(C3CCC(=O)NC3=O)C4=O)nn2)cnc1NS(=O)(=O)c1ccc(NC(=O)/C=C/c2ccc([N+](=O)[O-])s2)cc1. The number of nitro groups is 1. The highest BCUT2D eigenvalue weighted by atomic mass is 32.2. The Labute approximate surface area is 342 Å². The molecule has 308 valence electrons. The first-order valence-electron chi connectivity index (χ1n) is 17.5. The molecule has 1 saturated heterocycles. The van der Waals surface area contributed by atoms with Crippen LogP contribution in [0.2, 0.25) is 0 Å². The van der Waals surface area contributed by atoms with Crippen molar-refractivity contribution in [2.45, 2.75) is 30.3 Å². The number of imide groups is 2. The second-order valence-electron chi connectivity index (χ2n) is 12.7. The number of nitrogens with zero attached hydrogens (tertiary/aromatic N) is 7. The lowest BCUT2D eigenvalue weighted by Gasteiger charge is -2.27. The van der Waals surface area contributed by atoms with E-state index in [2.05, 4.69) is 35.6 Å². The Morgan fingerprint density at radius 1 is 1.08 bits per heavy atom. The molecule has 1 atom stereocenters. The van der Waals surface area contributed by atoms with Gasteiger partial charge >= 0.3 is 5.00 Å². The van der Waals surface area contributed by atoms with Crippen LogP contribution in [0.25, 0.3) is 17.5 Å². The highest BCUT2D eigenvalue weighted by molar-refractivity contribution is 7.92. The summed E-state index contributed by atoms with van der Waals surface area (Å²) >= 11 is 0.907. The molecule has 3 N–H and O–H groups in total. The Hall–Kier alpha value is -7.44. The molecule has 7 rings (SSSR count). The standard InChI is InChI=1S/C36H30N10O12S2/c1-56-34-32(42-60(54,55)22-9-5-20(6-10-22)38-28(47)12-7-21-8-14-30(59-21)46(52)53)37-17-24(39-34)25-18-44(43-41-25)15-16-57-19-58-27-4-2-3-23-31(27)36(51)45(35(23)50)26-11-13-29(48)40-33(26)49/h2-10,12,14,17-18,26H,11,13,15-16,19H2,1H3,(H,37,42)(H,38,47)(H,40,48,49)/b12-7+. The molecule has 60 heavy (non-hydrogen) atoms. The van der Waals surface area contributed by atoms with Crippen molar-refractivity contribution in [3.63, 3.8) is 0 Å². The van der Waals surface area contributed by atoms with Crippen molar-refractivity contribution in [2.24, 2.45) is 0 Å². The van der Waals surface area contributed by atoms with Crippen molar-refractivity contribution >= 4 is 73.5 Å². The number of carbonyl (C=O) groups excluding carboxylic acids is 5. The zero-order valence-electron chi connectivity index (χ0n) is 31.0. The third kappa shape index (κ3) is 8.83. The zero-order valence-corrected chi connectivity index (χ0v) is 32.6. The van der Waals surface area contributed by atoms with Gasteiger partial charge < -0.3 is 19.5 Å². The predicted octanol–water partition coefficient (Wildman–Crippen LogP) is 2.62. The third-order valence-corrected chi connectivity index (χ3v) is 11.1. The van der Waals surface area contributed by atoms with Crippen LogP contribution in [0, 0.1) is 10.1 Å². The molecule has 0 radical (unpaired) electrons. The molecular weight excluding hydrogens is 829 g/mol. The Morgan fingerprint density at radius 2 is 1.88 bits per heavy atom. The smallest absolute Gasteiger partial charge is 0.324 e. The van der Waals surface area contributed by atoms with E-state index < -0.39 is 50.5 Å². The Balaban J connectivity index is 0.903. The maximum Gasteiger partial charge on any atom is 0.324 e. The molecule has 3 aromatic heterocycles. The zero-order chi connectivity index (χ0) is 42.6. The average Bonchev–Trinajstić information content (AvgIpc) is 3.97. The van der Waals surface area contributed by atoms with E-state index in [0.29, 0.717) is 10.6 Å². The van der Waals surface area contributed by atoms with Crippen LogP contribution in [0.1, 0.15) is 38.4 Å². The van der Waals surface area contributed by atoms with E-state index in [0.717, 1.165) is 16.2 Å². The number of ether oxygens (including phenoxy) is 3. The van der Waals surface area contributed by atoms with Crippen LogP contribution in [-0.4, -0.2) is 99.3 Å². The number of nitrogens with one attached hydrogen (secondary N) is 3. The van der Waals surface area contributed by atoms with Crippen LogP contribution >= 0.6 is 11.3 Å². The molecule has 1 unspecified atom stereocenters. The van der Waals surface area contributed by atoms with E-state index in [4.69, 9.17) is 14.2 Å². The Kier molecular flexibility index (Phi) is 11.7. The molecule has 5 heterocycles. The number of fused-ring (bicyclic) bond motifs is 1. The van der Waals surface area contributed by atoms with Gasteiger partial charge in [0.05, 0.1) is 53.6 Å². The minimum absolute atomic E-state index is 0.00598. The van der Waals surface area contributed by atoms with Gasteiger partial charge in [0.2, 0.25) is 23.5 Å². The van der Waals surface area contributed by atoms with E-state index in [9.17, 15) is 42.5 Å². The number of anilines is 2. The van der Waals surface area contributed by atoms with E-state index in [1.165, 1.54) is 84.7 Å². The molecule has 2 aliphatic heterocycles. The number of amides is 5. The van der Waals surface area contributed by atoms with Crippen molar-refractivity contribution < 1.29 is 51.5 Å². The highest BCUT2D eigenvalue weighted by Crippen LogP contribution is 2.34. The molecule has 5 aromatic rings. The summed E-state index contributed by atoms with van der Waals surface area (Å²) < 4.78 is 46.7. The summed E-state index contributed by atoms with van der Waals surface area (Å²) in [7, 11) is -2.92. The first-order chi connectivity index (χ1) is 28.8. The van der Waals surface area contributed by atoms with Gasteiger partial charge in [0, 0.05) is 29.1 Å². The molecule has 24 heteroatoms. The molecule has 0 aliphatic carbocycles. The molecule has 2 aromatic carbocycles. The largest absolute Gasteiger partial charge is 0.478 e. The van der Waals surface area contributed by atoms with Gasteiger partial charge in [-0.25, -0.2) is 23.1 Å². The number of benzene rings is 2. The minimum Gasteiger partial charge on any atom is -0.478 e. The summed E-state index contributed by atoms with van der Waals surface area (Å²) in [5.74, 6) is -3.40. The van der Waals surface area contributed by atoms with Crippen molar-refractivity contribution in [3.8, 4) is 23.0 Å². The molecule has 0 bridgehead atoms. The number of hydrogen-bond acceptors (Lipinski definition) is 17. The Bertz CT molecular complexity index is 2680. The van der Waals surface area contributed by atoms with Crippen molar-refractivity contribution in [3.05, 3.63) is 99.2 Å². The van der Waals surface area contributed by atoms with Gasteiger partial charge in [-0.2, -0.15) is 0 Å². The van der Waals surface area contributed by atoms with E-state index in [1.54, 1.807) is 6.20 Å². The summed E-state index contributed by atoms with van der Waals surface area (Å²) in [4.78, 5) is 82.6. The third-order valence-electron chi connectivity index (χ3n) is 8.78. The van der Waals surface area contributed by atoms with Crippen LogP contribution in [0.15, 0.2) is 78.0 Å². The summed E-state index contributed by atoms with van der Waals surface area (Å²) in [6.45, 7) is -0.0191. The van der Waals surface area contributed by atoms with E-state index >= 15 is 0 Å². The average molecular weight is 859 g/mol. The number of rotatable bonds is 16. The first kappa shape index (κ1) is 40.7. The molecule has 0 saturated carbocycles. The van der Waals surface area contributed by atoms with Crippen molar-refractivity contribution in [1.82, 2.24) is 35.2 Å². The van der Waals surface area contributed by atoms with E-state index in [-0.39, 0.29) is 82.6 Å². The maximum absolute atomic E-state index is 13.3. The van der Waals surface area contributed by atoms with Crippen LogP contribution in [0.5, 0.6) is 11.6 Å². The quantitative estimate of drug-likeness (QED) is 0.0321. The number of methoxy groups -OCH3 is 1.